The maximum atomic E-state index is 12.1. The Hall–Kier alpha value is -1.96. The standard InChI is InChI=1S/C16H17NO/c1-3-13-4-6-14(7-5-13)10-16(18)15-11-17-9-8-12(15)2/h4-9,11H,3,10H2,1-2H3. The van der Waals surface area contributed by atoms with Gasteiger partial charge in [0.15, 0.2) is 5.78 Å². The van der Waals surface area contributed by atoms with Crippen LogP contribution in [0.4, 0.5) is 0 Å². The van der Waals surface area contributed by atoms with Crippen LogP contribution in [-0.2, 0) is 12.8 Å². The molecule has 0 atom stereocenters. The fraction of sp³-hybridized carbons (Fsp3) is 0.250. The Kier molecular flexibility index (Phi) is 3.88. The van der Waals surface area contributed by atoms with E-state index in [0.717, 1.165) is 23.1 Å². The number of ketones is 1. The lowest BCUT2D eigenvalue weighted by molar-refractivity contribution is 0.0992. The molecular formula is C16H17NO. The minimum atomic E-state index is 0.129. The fourth-order valence-electron chi connectivity index (χ4n) is 1.93. The van der Waals surface area contributed by atoms with Gasteiger partial charge in [-0.25, -0.2) is 0 Å². The number of hydrogen-bond acceptors (Lipinski definition) is 2. The molecule has 0 N–H and O–H groups in total. The summed E-state index contributed by atoms with van der Waals surface area (Å²) in [6, 6.07) is 10.1. The molecule has 0 saturated carbocycles. The molecule has 2 heteroatoms. The lowest BCUT2D eigenvalue weighted by atomic mass is 10.00. The van der Waals surface area contributed by atoms with E-state index >= 15 is 0 Å². The monoisotopic (exact) mass is 239 g/mol. The number of carbonyl (C=O) groups excluding carboxylic acids is 1. The van der Waals surface area contributed by atoms with Crippen molar-refractivity contribution in [2.75, 3.05) is 0 Å². The van der Waals surface area contributed by atoms with Gasteiger partial charge in [0, 0.05) is 24.4 Å². The number of benzene rings is 1. The normalized spacial score (nSPS) is 10.3. The molecule has 92 valence electrons. The quantitative estimate of drug-likeness (QED) is 0.766. The van der Waals surface area contributed by atoms with Crippen LogP contribution in [-0.4, -0.2) is 10.8 Å². The Balaban J connectivity index is 2.14. The van der Waals surface area contributed by atoms with E-state index in [2.05, 4.69) is 24.0 Å². The van der Waals surface area contributed by atoms with Gasteiger partial charge >= 0.3 is 0 Å². The SMILES string of the molecule is CCc1ccc(CC(=O)c2cnccc2C)cc1. The molecule has 0 bridgehead atoms. The molecule has 2 nitrogen and oxygen atoms in total. The summed E-state index contributed by atoms with van der Waals surface area (Å²) in [5, 5.41) is 0. The predicted octanol–water partition coefficient (Wildman–Crippen LogP) is 3.38. The largest absolute Gasteiger partial charge is 0.294 e. The van der Waals surface area contributed by atoms with Crippen LogP contribution in [0.1, 0.15) is 34.0 Å². The van der Waals surface area contributed by atoms with Crippen LogP contribution in [0.2, 0.25) is 0 Å². The Morgan fingerprint density at radius 3 is 2.39 bits per heavy atom. The van der Waals surface area contributed by atoms with E-state index in [1.54, 1.807) is 12.4 Å². The second-order valence-electron chi connectivity index (χ2n) is 4.46. The van der Waals surface area contributed by atoms with Crippen molar-refractivity contribution in [2.45, 2.75) is 26.7 Å². The zero-order valence-corrected chi connectivity index (χ0v) is 10.8. The molecule has 1 aromatic carbocycles. The number of aromatic nitrogens is 1. The highest BCUT2D eigenvalue weighted by atomic mass is 16.1. The van der Waals surface area contributed by atoms with Crippen molar-refractivity contribution in [1.29, 1.82) is 0 Å². The van der Waals surface area contributed by atoms with Crippen molar-refractivity contribution in [3.63, 3.8) is 0 Å². The molecule has 0 radical (unpaired) electrons. The average Bonchev–Trinajstić information content (AvgIpc) is 2.40. The third-order valence-corrected chi connectivity index (χ3v) is 3.14. The fourth-order valence-corrected chi connectivity index (χ4v) is 1.93. The molecule has 0 aliphatic heterocycles. The molecular weight excluding hydrogens is 222 g/mol. The van der Waals surface area contributed by atoms with Gasteiger partial charge in [0.05, 0.1) is 0 Å². The maximum Gasteiger partial charge on any atom is 0.169 e. The van der Waals surface area contributed by atoms with Gasteiger partial charge in [-0.1, -0.05) is 31.2 Å². The van der Waals surface area contributed by atoms with Gasteiger partial charge in [-0.05, 0) is 36.1 Å². The first kappa shape index (κ1) is 12.5. The molecule has 0 aliphatic rings. The molecule has 18 heavy (non-hydrogen) atoms. The Bertz CT molecular complexity index is 543. The van der Waals surface area contributed by atoms with Crippen molar-refractivity contribution >= 4 is 5.78 Å². The van der Waals surface area contributed by atoms with Crippen LogP contribution in [0, 0.1) is 6.92 Å². The molecule has 2 rings (SSSR count). The third-order valence-electron chi connectivity index (χ3n) is 3.14. The van der Waals surface area contributed by atoms with E-state index in [0.29, 0.717) is 6.42 Å². The van der Waals surface area contributed by atoms with E-state index < -0.39 is 0 Å². The Morgan fingerprint density at radius 1 is 1.11 bits per heavy atom. The highest BCUT2D eigenvalue weighted by Crippen LogP contribution is 2.11. The second kappa shape index (κ2) is 5.58. The van der Waals surface area contributed by atoms with Gasteiger partial charge < -0.3 is 0 Å². The predicted molar refractivity (Wildman–Crippen MR) is 72.8 cm³/mol. The lowest BCUT2D eigenvalue weighted by Crippen LogP contribution is -2.06. The third kappa shape index (κ3) is 2.83. The average molecular weight is 239 g/mol. The Labute approximate surface area is 108 Å². The van der Waals surface area contributed by atoms with Crippen LogP contribution >= 0.6 is 0 Å². The Morgan fingerprint density at radius 2 is 1.78 bits per heavy atom. The summed E-state index contributed by atoms with van der Waals surface area (Å²) in [7, 11) is 0. The van der Waals surface area contributed by atoms with E-state index in [-0.39, 0.29) is 5.78 Å². The van der Waals surface area contributed by atoms with Crippen LogP contribution in [0.3, 0.4) is 0 Å². The van der Waals surface area contributed by atoms with Gasteiger partial charge in [-0.3, -0.25) is 9.78 Å². The number of Topliss-reactive ketones (excluding diaryl/α,β-unsaturated/α-hetero) is 1. The molecule has 0 spiro atoms. The zero-order chi connectivity index (χ0) is 13.0. The zero-order valence-electron chi connectivity index (χ0n) is 10.8. The minimum absolute atomic E-state index is 0.129. The number of carbonyl (C=O) groups is 1. The van der Waals surface area contributed by atoms with Crippen molar-refractivity contribution in [2.24, 2.45) is 0 Å². The van der Waals surface area contributed by atoms with Crippen LogP contribution in [0.15, 0.2) is 42.7 Å². The van der Waals surface area contributed by atoms with Crippen LogP contribution in [0.25, 0.3) is 0 Å². The summed E-state index contributed by atoms with van der Waals surface area (Å²) in [5.41, 5.74) is 4.06. The molecule has 0 amide bonds. The molecule has 0 unspecified atom stereocenters. The topological polar surface area (TPSA) is 30.0 Å². The highest BCUT2D eigenvalue weighted by molar-refractivity contribution is 5.98. The first-order chi connectivity index (χ1) is 8.70. The van der Waals surface area contributed by atoms with Gasteiger partial charge in [0.2, 0.25) is 0 Å². The summed E-state index contributed by atoms with van der Waals surface area (Å²) in [6.07, 6.45) is 4.83. The van der Waals surface area contributed by atoms with E-state index in [9.17, 15) is 4.79 Å². The van der Waals surface area contributed by atoms with E-state index in [1.165, 1.54) is 5.56 Å². The summed E-state index contributed by atoms with van der Waals surface area (Å²) < 4.78 is 0. The minimum Gasteiger partial charge on any atom is -0.294 e. The van der Waals surface area contributed by atoms with Gasteiger partial charge in [0.1, 0.15) is 0 Å². The van der Waals surface area contributed by atoms with Gasteiger partial charge in [-0.2, -0.15) is 0 Å². The van der Waals surface area contributed by atoms with E-state index in [1.807, 2.05) is 25.1 Å². The number of hydrogen-bond donors (Lipinski definition) is 0. The van der Waals surface area contributed by atoms with Crippen LogP contribution in [0.5, 0.6) is 0 Å². The number of aryl methyl sites for hydroxylation is 2. The molecule has 0 saturated heterocycles. The molecule has 1 aromatic heterocycles. The smallest absolute Gasteiger partial charge is 0.169 e. The number of rotatable bonds is 4. The van der Waals surface area contributed by atoms with Gasteiger partial charge in [0.25, 0.3) is 0 Å². The summed E-state index contributed by atoms with van der Waals surface area (Å²) in [5.74, 6) is 0.129. The summed E-state index contributed by atoms with van der Waals surface area (Å²) in [4.78, 5) is 16.2. The summed E-state index contributed by atoms with van der Waals surface area (Å²) in [6.45, 7) is 4.06. The number of pyridine rings is 1. The first-order valence-electron chi connectivity index (χ1n) is 6.22. The van der Waals surface area contributed by atoms with Crippen molar-refractivity contribution in [1.82, 2.24) is 4.98 Å². The van der Waals surface area contributed by atoms with Crippen molar-refractivity contribution in [3.8, 4) is 0 Å². The maximum absolute atomic E-state index is 12.1. The van der Waals surface area contributed by atoms with E-state index in [4.69, 9.17) is 0 Å². The van der Waals surface area contributed by atoms with Crippen molar-refractivity contribution in [3.05, 3.63) is 65.0 Å². The first-order valence-corrected chi connectivity index (χ1v) is 6.22. The number of nitrogens with zero attached hydrogens (tertiary/aromatic N) is 1. The van der Waals surface area contributed by atoms with Crippen molar-refractivity contribution < 1.29 is 4.79 Å². The summed E-state index contributed by atoms with van der Waals surface area (Å²) >= 11 is 0. The molecule has 0 aliphatic carbocycles. The second-order valence-corrected chi connectivity index (χ2v) is 4.46. The van der Waals surface area contributed by atoms with Gasteiger partial charge in [-0.15, -0.1) is 0 Å². The van der Waals surface area contributed by atoms with Crippen LogP contribution < -0.4 is 0 Å². The molecule has 2 aromatic rings. The molecule has 0 fully saturated rings. The lowest BCUT2D eigenvalue weighted by Gasteiger charge is -2.05. The highest BCUT2D eigenvalue weighted by Gasteiger charge is 2.09. The molecule has 1 heterocycles.